The average molecular weight is 247 g/mol. The highest BCUT2D eigenvalue weighted by molar-refractivity contribution is 5.93. The number of methoxy groups -OCH3 is 2. The van der Waals surface area contributed by atoms with E-state index in [0.29, 0.717) is 11.4 Å². The van der Waals surface area contributed by atoms with E-state index in [1.807, 2.05) is 12.1 Å². The van der Waals surface area contributed by atoms with Crippen LogP contribution in [0.15, 0.2) is 30.6 Å². The fourth-order valence-electron chi connectivity index (χ4n) is 1.67. The Kier molecular flexibility index (Phi) is 3.18. The molecule has 6 nitrogen and oxygen atoms in total. The van der Waals surface area contributed by atoms with Gasteiger partial charge in [0.25, 0.3) is 0 Å². The van der Waals surface area contributed by atoms with Crippen LogP contribution in [0.1, 0.15) is 10.5 Å². The Hall–Kier alpha value is -2.50. The Morgan fingerprint density at radius 2 is 2.06 bits per heavy atom. The number of hydrogen-bond donors (Lipinski definition) is 1. The van der Waals surface area contributed by atoms with Crippen LogP contribution in [-0.4, -0.2) is 29.7 Å². The molecular weight excluding hydrogens is 234 g/mol. The number of aromatic nitrogens is 2. The first kappa shape index (κ1) is 12.0. The van der Waals surface area contributed by atoms with E-state index in [4.69, 9.17) is 15.2 Å². The Morgan fingerprint density at radius 1 is 1.33 bits per heavy atom. The zero-order chi connectivity index (χ0) is 13.1. The molecule has 0 aliphatic carbocycles. The standard InChI is InChI=1S/C12H13N3O3/c1-17-9-6-4-3-5-8(9)15-7-14-11(13)10(15)12(16)18-2/h3-7H,13H2,1-2H3. The number of hydrogen-bond acceptors (Lipinski definition) is 5. The normalized spacial score (nSPS) is 10.1. The number of nitrogen functional groups attached to an aromatic ring is 1. The third kappa shape index (κ3) is 1.88. The molecule has 0 amide bonds. The zero-order valence-electron chi connectivity index (χ0n) is 10.1. The van der Waals surface area contributed by atoms with Gasteiger partial charge in [-0.25, -0.2) is 9.78 Å². The molecule has 0 spiro atoms. The predicted molar refractivity (Wildman–Crippen MR) is 65.9 cm³/mol. The van der Waals surface area contributed by atoms with Crippen molar-refractivity contribution >= 4 is 11.8 Å². The summed E-state index contributed by atoms with van der Waals surface area (Å²) < 4.78 is 11.5. The first-order chi connectivity index (χ1) is 8.69. The molecule has 2 aromatic rings. The lowest BCUT2D eigenvalue weighted by atomic mass is 10.2. The van der Waals surface area contributed by atoms with Crippen molar-refractivity contribution in [1.29, 1.82) is 0 Å². The van der Waals surface area contributed by atoms with Crippen LogP contribution < -0.4 is 10.5 Å². The lowest BCUT2D eigenvalue weighted by Crippen LogP contribution is -2.11. The summed E-state index contributed by atoms with van der Waals surface area (Å²) in [6.45, 7) is 0. The van der Waals surface area contributed by atoms with E-state index in [-0.39, 0.29) is 11.5 Å². The maximum absolute atomic E-state index is 11.7. The fourth-order valence-corrected chi connectivity index (χ4v) is 1.67. The van der Waals surface area contributed by atoms with Crippen molar-refractivity contribution in [2.75, 3.05) is 20.0 Å². The van der Waals surface area contributed by atoms with Gasteiger partial charge in [0.05, 0.1) is 19.9 Å². The van der Waals surface area contributed by atoms with Crippen molar-refractivity contribution in [1.82, 2.24) is 9.55 Å². The van der Waals surface area contributed by atoms with Crippen LogP contribution >= 0.6 is 0 Å². The van der Waals surface area contributed by atoms with Crippen LogP contribution in [0, 0.1) is 0 Å². The minimum Gasteiger partial charge on any atom is -0.495 e. The van der Waals surface area contributed by atoms with E-state index in [1.165, 1.54) is 13.4 Å². The molecule has 0 fully saturated rings. The quantitative estimate of drug-likeness (QED) is 0.826. The number of nitrogens with zero attached hydrogens (tertiary/aromatic N) is 2. The number of nitrogens with two attached hydrogens (primary N) is 1. The molecule has 0 bridgehead atoms. The first-order valence-corrected chi connectivity index (χ1v) is 5.23. The van der Waals surface area contributed by atoms with E-state index < -0.39 is 5.97 Å². The molecule has 2 rings (SSSR count). The molecule has 6 heteroatoms. The monoisotopic (exact) mass is 247 g/mol. The lowest BCUT2D eigenvalue weighted by molar-refractivity contribution is 0.0593. The first-order valence-electron chi connectivity index (χ1n) is 5.23. The molecule has 1 aromatic heterocycles. The summed E-state index contributed by atoms with van der Waals surface area (Å²) in [4.78, 5) is 15.6. The molecule has 0 aliphatic rings. The van der Waals surface area contributed by atoms with Crippen molar-refractivity contribution in [2.45, 2.75) is 0 Å². The number of imidazole rings is 1. The van der Waals surface area contributed by atoms with Crippen LogP contribution in [0.5, 0.6) is 5.75 Å². The predicted octanol–water partition coefficient (Wildman–Crippen LogP) is 1.25. The minimum absolute atomic E-state index is 0.118. The van der Waals surface area contributed by atoms with Gasteiger partial charge in [-0.2, -0.15) is 0 Å². The van der Waals surface area contributed by atoms with E-state index in [2.05, 4.69) is 4.98 Å². The summed E-state index contributed by atoms with van der Waals surface area (Å²) in [7, 11) is 2.85. The van der Waals surface area contributed by atoms with E-state index >= 15 is 0 Å². The topological polar surface area (TPSA) is 79.4 Å². The van der Waals surface area contributed by atoms with Gasteiger partial charge in [-0.3, -0.25) is 4.57 Å². The van der Waals surface area contributed by atoms with Crippen molar-refractivity contribution in [3.05, 3.63) is 36.3 Å². The highest BCUT2D eigenvalue weighted by atomic mass is 16.5. The molecule has 0 unspecified atom stereocenters. The van der Waals surface area contributed by atoms with Crippen LogP contribution in [0.3, 0.4) is 0 Å². The highest BCUT2D eigenvalue weighted by Crippen LogP contribution is 2.25. The molecule has 0 saturated carbocycles. The summed E-state index contributed by atoms with van der Waals surface area (Å²) in [5.74, 6) is 0.184. The fraction of sp³-hybridized carbons (Fsp3) is 0.167. The van der Waals surface area contributed by atoms with Gasteiger partial charge in [0.1, 0.15) is 12.1 Å². The van der Waals surface area contributed by atoms with Crippen molar-refractivity contribution in [3.63, 3.8) is 0 Å². The summed E-state index contributed by atoms with van der Waals surface area (Å²) >= 11 is 0. The Balaban J connectivity index is 2.61. The molecule has 0 saturated heterocycles. The molecule has 1 heterocycles. The van der Waals surface area contributed by atoms with Crippen LogP contribution in [0.2, 0.25) is 0 Å². The highest BCUT2D eigenvalue weighted by Gasteiger charge is 2.20. The smallest absolute Gasteiger partial charge is 0.358 e. The number of carbonyl (C=O) groups excluding carboxylic acids is 1. The van der Waals surface area contributed by atoms with E-state index in [9.17, 15) is 4.79 Å². The zero-order valence-corrected chi connectivity index (χ0v) is 10.1. The van der Waals surface area contributed by atoms with Gasteiger partial charge >= 0.3 is 5.97 Å². The average Bonchev–Trinajstić information content (AvgIpc) is 2.79. The largest absolute Gasteiger partial charge is 0.495 e. The molecule has 18 heavy (non-hydrogen) atoms. The Morgan fingerprint density at radius 3 is 2.72 bits per heavy atom. The Bertz CT molecular complexity index is 578. The Labute approximate surface area is 104 Å². The second-order valence-corrected chi connectivity index (χ2v) is 3.51. The van der Waals surface area contributed by atoms with Gasteiger partial charge in [0, 0.05) is 0 Å². The van der Waals surface area contributed by atoms with Gasteiger partial charge in [-0.1, -0.05) is 12.1 Å². The van der Waals surface area contributed by atoms with Crippen molar-refractivity contribution < 1.29 is 14.3 Å². The molecule has 0 atom stereocenters. The molecular formula is C12H13N3O3. The second-order valence-electron chi connectivity index (χ2n) is 3.51. The van der Waals surface area contributed by atoms with Gasteiger partial charge in [-0.15, -0.1) is 0 Å². The van der Waals surface area contributed by atoms with Gasteiger partial charge in [0.2, 0.25) is 0 Å². The SMILES string of the molecule is COC(=O)c1c(N)ncn1-c1ccccc1OC. The van der Waals surface area contributed by atoms with Gasteiger partial charge in [0.15, 0.2) is 11.5 Å². The number of benzene rings is 1. The molecule has 1 aromatic carbocycles. The van der Waals surface area contributed by atoms with Gasteiger partial charge in [-0.05, 0) is 12.1 Å². The third-order valence-electron chi connectivity index (χ3n) is 2.52. The number of rotatable bonds is 3. The van der Waals surface area contributed by atoms with Crippen LogP contribution in [-0.2, 0) is 4.74 Å². The van der Waals surface area contributed by atoms with E-state index in [1.54, 1.807) is 23.8 Å². The summed E-state index contributed by atoms with van der Waals surface area (Å²) in [6.07, 6.45) is 1.46. The van der Waals surface area contributed by atoms with Crippen molar-refractivity contribution in [3.8, 4) is 11.4 Å². The summed E-state index contributed by atoms with van der Waals surface area (Å²) in [5, 5.41) is 0. The molecule has 0 radical (unpaired) electrons. The van der Waals surface area contributed by atoms with Gasteiger partial charge < -0.3 is 15.2 Å². The van der Waals surface area contributed by atoms with E-state index in [0.717, 1.165) is 0 Å². The number of para-hydroxylation sites is 2. The lowest BCUT2D eigenvalue weighted by Gasteiger charge is -2.11. The van der Waals surface area contributed by atoms with Crippen molar-refractivity contribution in [2.24, 2.45) is 0 Å². The molecule has 0 aliphatic heterocycles. The summed E-state index contributed by atoms with van der Waals surface area (Å²) in [6, 6.07) is 7.24. The third-order valence-corrected chi connectivity index (χ3v) is 2.52. The minimum atomic E-state index is -0.545. The number of esters is 1. The van der Waals surface area contributed by atoms with Crippen LogP contribution in [0.4, 0.5) is 5.82 Å². The molecule has 94 valence electrons. The maximum Gasteiger partial charge on any atom is 0.358 e. The second kappa shape index (κ2) is 4.79. The summed E-state index contributed by atoms with van der Waals surface area (Å²) in [5.41, 5.74) is 6.53. The number of anilines is 1. The number of ether oxygens (including phenoxy) is 2. The number of carbonyl (C=O) groups is 1. The molecule has 2 N–H and O–H groups in total. The maximum atomic E-state index is 11.7. The van der Waals surface area contributed by atoms with Crippen LogP contribution in [0.25, 0.3) is 5.69 Å².